The number of carbonyl (C=O) groups is 1. The Kier molecular flexibility index (Phi) is 4.81. The highest BCUT2D eigenvalue weighted by atomic mass is 19.4. The molecular weight excluding hydrogens is 388 g/mol. The number of fused-ring (bicyclic) bond motifs is 1. The molecular formula is C20H16F4N4O. The van der Waals surface area contributed by atoms with Gasteiger partial charge in [-0.3, -0.25) is 9.78 Å². The lowest BCUT2D eigenvalue weighted by atomic mass is 10.0. The minimum atomic E-state index is -4.63. The Morgan fingerprint density at radius 1 is 1.17 bits per heavy atom. The standard InChI is InChI=1S/C20H16F4N4O/c21-14-7-12(6-13(9-14)20(22,23)24)8-15-10-16(3-5-25-15)28-18-2-1-4-26-19(29)17(18)11-27-28/h3,5-7,9-11H,1-2,4,8H2,(H,26,29). The van der Waals surface area contributed by atoms with Crippen molar-refractivity contribution < 1.29 is 22.4 Å². The Morgan fingerprint density at radius 2 is 2.00 bits per heavy atom. The number of nitrogens with one attached hydrogen (secondary N) is 1. The molecule has 2 aromatic heterocycles. The number of carbonyl (C=O) groups excluding carboxylic acids is 1. The van der Waals surface area contributed by atoms with Crippen LogP contribution in [0.25, 0.3) is 5.69 Å². The molecule has 9 heteroatoms. The van der Waals surface area contributed by atoms with Gasteiger partial charge in [-0.05, 0) is 48.7 Å². The summed E-state index contributed by atoms with van der Waals surface area (Å²) in [6.45, 7) is 0.580. The number of alkyl halides is 3. The van der Waals surface area contributed by atoms with E-state index in [0.29, 0.717) is 36.0 Å². The van der Waals surface area contributed by atoms with Crippen molar-refractivity contribution in [1.82, 2.24) is 20.1 Å². The predicted octanol–water partition coefficient (Wildman–Crippen LogP) is 3.69. The zero-order chi connectivity index (χ0) is 20.6. The normalized spacial score (nSPS) is 14.3. The second-order valence-electron chi connectivity index (χ2n) is 6.80. The second-order valence-corrected chi connectivity index (χ2v) is 6.80. The predicted molar refractivity (Wildman–Crippen MR) is 96.2 cm³/mol. The van der Waals surface area contributed by atoms with Crippen LogP contribution in [0, 0.1) is 5.82 Å². The van der Waals surface area contributed by atoms with E-state index < -0.39 is 17.6 Å². The summed E-state index contributed by atoms with van der Waals surface area (Å²) < 4.78 is 54.1. The molecule has 0 aliphatic carbocycles. The molecule has 1 aliphatic heterocycles. The summed E-state index contributed by atoms with van der Waals surface area (Å²) in [5, 5.41) is 7.09. The Morgan fingerprint density at radius 3 is 2.79 bits per heavy atom. The Bertz CT molecular complexity index is 1070. The van der Waals surface area contributed by atoms with Crippen molar-refractivity contribution in [3.63, 3.8) is 0 Å². The fourth-order valence-corrected chi connectivity index (χ4v) is 3.40. The van der Waals surface area contributed by atoms with Crippen LogP contribution in [0.3, 0.4) is 0 Å². The summed E-state index contributed by atoms with van der Waals surface area (Å²) in [5.41, 5.74) is 1.50. The maximum absolute atomic E-state index is 13.7. The van der Waals surface area contributed by atoms with Gasteiger partial charge in [0, 0.05) is 24.9 Å². The van der Waals surface area contributed by atoms with Gasteiger partial charge in [0.1, 0.15) is 5.82 Å². The lowest BCUT2D eigenvalue weighted by Gasteiger charge is -2.11. The molecule has 1 N–H and O–H groups in total. The lowest BCUT2D eigenvalue weighted by molar-refractivity contribution is -0.137. The summed E-state index contributed by atoms with van der Waals surface area (Å²) in [6, 6.07) is 5.83. The maximum Gasteiger partial charge on any atom is 0.416 e. The molecule has 4 rings (SSSR count). The van der Waals surface area contributed by atoms with Crippen molar-refractivity contribution >= 4 is 5.91 Å². The van der Waals surface area contributed by atoms with Crippen LogP contribution >= 0.6 is 0 Å². The van der Waals surface area contributed by atoms with Crippen molar-refractivity contribution in [1.29, 1.82) is 0 Å². The highest BCUT2D eigenvalue weighted by Crippen LogP contribution is 2.31. The molecule has 5 nitrogen and oxygen atoms in total. The van der Waals surface area contributed by atoms with E-state index in [1.54, 1.807) is 16.8 Å². The third kappa shape index (κ3) is 3.98. The first kappa shape index (κ1) is 19.1. The Hall–Kier alpha value is -3.23. The Balaban J connectivity index is 1.66. The van der Waals surface area contributed by atoms with Crippen molar-refractivity contribution in [3.8, 4) is 5.69 Å². The molecule has 150 valence electrons. The number of aromatic nitrogens is 3. The summed E-state index contributed by atoms with van der Waals surface area (Å²) in [6.07, 6.45) is -0.161. The number of rotatable bonds is 3. The van der Waals surface area contributed by atoms with E-state index in [9.17, 15) is 22.4 Å². The fourth-order valence-electron chi connectivity index (χ4n) is 3.40. The van der Waals surface area contributed by atoms with Crippen molar-refractivity contribution in [2.45, 2.75) is 25.4 Å². The number of amides is 1. The zero-order valence-corrected chi connectivity index (χ0v) is 15.1. The first-order valence-electron chi connectivity index (χ1n) is 8.98. The molecule has 0 spiro atoms. The number of pyridine rings is 1. The van der Waals surface area contributed by atoms with E-state index in [1.807, 2.05) is 0 Å². The van der Waals surface area contributed by atoms with Crippen LogP contribution in [0.1, 0.15) is 39.3 Å². The molecule has 0 atom stereocenters. The molecule has 3 aromatic rings. The van der Waals surface area contributed by atoms with Gasteiger partial charge in [0.2, 0.25) is 0 Å². The van der Waals surface area contributed by atoms with Gasteiger partial charge < -0.3 is 5.32 Å². The van der Waals surface area contributed by atoms with E-state index >= 15 is 0 Å². The molecule has 29 heavy (non-hydrogen) atoms. The van der Waals surface area contributed by atoms with Gasteiger partial charge in [-0.15, -0.1) is 0 Å². The highest BCUT2D eigenvalue weighted by Gasteiger charge is 2.31. The first-order chi connectivity index (χ1) is 13.8. The minimum absolute atomic E-state index is 0.0264. The SMILES string of the molecule is O=C1NCCCc2c1cnn2-c1ccnc(Cc2cc(F)cc(C(F)(F)F)c2)c1. The van der Waals surface area contributed by atoms with Crippen molar-refractivity contribution in [2.24, 2.45) is 0 Å². The first-order valence-corrected chi connectivity index (χ1v) is 8.98. The molecule has 3 heterocycles. The molecule has 0 fully saturated rings. The van der Waals surface area contributed by atoms with E-state index in [0.717, 1.165) is 24.2 Å². The number of hydrogen-bond donors (Lipinski definition) is 1. The summed E-state index contributed by atoms with van der Waals surface area (Å²) in [7, 11) is 0. The molecule has 1 aromatic carbocycles. The van der Waals surface area contributed by atoms with Crippen LogP contribution in [0.15, 0.2) is 42.7 Å². The van der Waals surface area contributed by atoms with E-state index in [1.165, 1.54) is 12.4 Å². The highest BCUT2D eigenvalue weighted by molar-refractivity contribution is 5.95. The maximum atomic E-state index is 13.7. The molecule has 0 saturated carbocycles. The number of nitrogens with zero attached hydrogens (tertiary/aromatic N) is 3. The summed E-state index contributed by atoms with van der Waals surface area (Å²) in [4.78, 5) is 16.3. The quantitative estimate of drug-likeness (QED) is 0.678. The van der Waals surface area contributed by atoms with E-state index in [-0.39, 0.29) is 17.9 Å². The van der Waals surface area contributed by atoms with Gasteiger partial charge in [0.05, 0.1) is 28.7 Å². The minimum Gasteiger partial charge on any atom is -0.352 e. The van der Waals surface area contributed by atoms with Crippen molar-refractivity contribution in [2.75, 3.05) is 6.54 Å². The third-order valence-electron chi connectivity index (χ3n) is 4.70. The van der Waals surface area contributed by atoms with Gasteiger partial charge in [0.25, 0.3) is 5.91 Å². The van der Waals surface area contributed by atoms with Gasteiger partial charge in [0.15, 0.2) is 0 Å². The molecule has 0 bridgehead atoms. The van der Waals surface area contributed by atoms with Gasteiger partial charge in [-0.2, -0.15) is 18.3 Å². The molecule has 1 amide bonds. The van der Waals surface area contributed by atoms with Crippen LogP contribution in [-0.4, -0.2) is 27.2 Å². The zero-order valence-electron chi connectivity index (χ0n) is 15.1. The van der Waals surface area contributed by atoms with Crippen molar-refractivity contribution in [3.05, 3.63) is 76.6 Å². The summed E-state index contributed by atoms with van der Waals surface area (Å²) >= 11 is 0. The van der Waals surface area contributed by atoms with E-state index in [4.69, 9.17) is 0 Å². The average molecular weight is 404 g/mol. The second kappa shape index (κ2) is 7.31. The Labute approximate surface area is 163 Å². The lowest BCUT2D eigenvalue weighted by Crippen LogP contribution is -2.22. The molecule has 0 radical (unpaired) electrons. The molecule has 0 unspecified atom stereocenters. The van der Waals surface area contributed by atoms with Crippen LogP contribution in [0.5, 0.6) is 0 Å². The van der Waals surface area contributed by atoms with Crippen LogP contribution in [0.2, 0.25) is 0 Å². The van der Waals surface area contributed by atoms with Gasteiger partial charge in [-0.25, -0.2) is 9.07 Å². The largest absolute Gasteiger partial charge is 0.416 e. The fraction of sp³-hybridized carbons (Fsp3) is 0.250. The molecule has 0 saturated heterocycles. The smallest absolute Gasteiger partial charge is 0.352 e. The monoisotopic (exact) mass is 404 g/mol. The average Bonchev–Trinajstić information content (AvgIpc) is 2.99. The molecule has 1 aliphatic rings. The van der Waals surface area contributed by atoms with Crippen LogP contribution in [0.4, 0.5) is 17.6 Å². The third-order valence-corrected chi connectivity index (χ3v) is 4.70. The van der Waals surface area contributed by atoms with Gasteiger partial charge >= 0.3 is 6.18 Å². The topological polar surface area (TPSA) is 59.8 Å². The van der Waals surface area contributed by atoms with Crippen LogP contribution in [-0.2, 0) is 19.0 Å². The number of benzene rings is 1. The number of hydrogen-bond acceptors (Lipinski definition) is 3. The number of halogens is 4. The van der Waals surface area contributed by atoms with E-state index in [2.05, 4.69) is 15.4 Å². The summed E-state index contributed by atoms with van der Waals surface area (Å²) in [5.74, 6) is -1.13. The van der Waals surface area contributed by atoms with Gasteiger partial charge in [-0.1, -0.05) is 0 Å². The van der Waals surface area contributed by atoms with Crippen LogP contribution < -0.4 is 5.32 Å².